The normalized spacial score (nSPS) is 9.65. The molecule has 0 aliphatic carbocycles. The Hall–Kier alpha value is -5.65. The second-order valence-electron chi connectivity index (χ2n) is 6.91. The minimum absolute atomic E-state index is 0.00862. The number of nitrogens with zero attached hydrogens (tertiary/aromatic N) is 8. The lowest BCUT2D eigenvalue weighted by molar-refractivity contribution is -0.144. The molecule has 0 saturated heterocycles. The Morgan fingerprint density at radius 1 is 1.07 bits per heavy atom. The summed E-state index contributed by atoms with van der Waals surface area (Å²) in [6, 6.07) is 0. The number of aromatic amines is 1. The van der Waals surface area contributed by atoms with Gasteiger partial charge < -0.3 is 25.9 Å². The zero-order chi connectivity index (χ0) is 30.1. The quantitative estimate of drug-likeness (QED) is 0.0925. The molecule has 0 aromatic carbocycles. The number of fused-ring (bicyclic) bond motifs is 1. The van der Waals surface area contributed by atoms with Crippen molar-refractivity contribution in [3.8, 4) is 0 Å². The van der Waals surface area contributed by atoms with Gasteiger partial charge in [-0.25, -0.2) is 34.5 Å². The van der Waals surface area contributed by atoms with Crippen LogP contribution in [-0.4, -0.2) is 83.9 Å². The Kier molecular flexibility index (Phi) is 13.7. The van der Waals surface area contributed by atoms with E-state index in [4.69, 9.17) is 21.7 Å². The molecule has 3 aromatic rings. The molecule has 0 aliphatic heterocycles. The van der Waals surface area contributed by atoms with Crippen molar-refractivity contribution in [2.45, 2.75) is 33.2 Å². The van der Waals surface area contributed by atoms with Gasteiger partial charge in [0.05, 0.1) is 45.5 Å². The Bertz CT molecular complexity index is 1440. The number of primary amides is 2. The average molecular weight is 563 g/mol. The van der Waals surface area contributed by atoms with Gasteiger partial charge in [-0.2, -0.15) is 4.68 Å². The Balaban J connectivity index is 0.000000337. The molecule has 3 heterocycles. The molecule has 6 N–H and O–H groups in total. The minimum Gasteiger partial charge on any atom is -0.466 e. The third-order valence-electron chi connectivity index (χ3n) is 4.25. The number of rotatable bonds is 11. The number of imidazole rings is 2. The number of amides is 2. The molecule has 2 amide bonds. The van der Waals surface area contributed by atoms with Gasteiger partial charge in [0.25, 0.3) is 11.8 Å². The fourth-order valence-corrected chi connectivity index (χ4v) is 2.56. The lowest BCUT2D eigenvalue weighted by Crippen LogP contribution is -2.31. The summed E-state index contributed by atoms with van der Waals surface area (Å²) < 4.78 is 11.3. The molecular weight excluding hydrogens is 536 g/mol. The summed E-state index contributed by atoms with van der Waals surface area (Å²) in [7, 11) is 0. The topological polar surface area (TPSA) is 298 Å². The van der Waals surface area contributed by atoms with Crippen molar-refractivity contribution in [2.24, 2.45) is 21.6 Å². The van der Waals surface area contributed by atoms with E-state index in [1.807, 2.05) is 0 Å². The number of aromatic nitrogens is 7. The smallest absolute Gasteiger partial charge is 0.352 e. The van der Waals surface area contributed by atoms with Crippen molar-refractivity contribution in [1.29, 1.82) is 5.53 Å². The Morgan fingerprint density at radius 3 is 2.25 bits per heavy atom. The summed E-state index contributed by atoms with van der Waals surface area (Å²) >= 11 is 0. The molecule has 3 aromatic heterocycles. The molecule has 0 bridgehead atoms. The summed E-state index contributed by atoms with van der Waals surface area (Å²) in [5.74, 6) is -2.22. The third kappa shape index (κ3) is 10.0. The Morgan fingerprint density at radius 2 is 1.73 bits per heavy atom. The predicted octanol–water partition coefficient (Wildman–Crippen LogP) is -1.22. The monoisotopic (exact) mass is 562 g/mol. The number of carbonyl (C=O) groups excluding carboxylic acids is 5. The summed E-state index contributed by atoms with van der Waals surface area (Å²) in [6.07, 6.45) is 3.87. The number of hydrogen-bond acceptors (Lipinski definition) is 15. The number of aliphatic imine (C=N–C) groups is 1. The van der Waals surface area contributed by atoms with Crippen LogP contribution in [0.2, 0.25) is 0 Å². The third-order valence-corrected chi connectivity index (χ3v) is 4.25. The summed E-state index contributed by atoms with van der Waals surface area (Å²) in [4.78, 5) is 77.6. The van der Waals surface area contributed by atoms with Crippen molar-refractivity contribution in [3.63, 3.8) is 0 Å². The molecule has 20 heteroatoms. The molecule has 40 heavy (non-hydrogen) atoms. The zero-order valence-electron chi connectivity index (χ0n) is 21.4. The van der Waals surface area contributed by atoms with Crippen LogP contribution in [0.5, 0.6) is 0 Å². The van der Waals surface area contributed by atoms with Crippen molar-refractivity contribution in [2.75, 3.05) is 19.8 Å². The molecule has 0 aliphatic rings. The second-order valence-corrected chi connectivity index (χ2v) is 6.91. The number of H-pyrrole nitrogens is 1. The number of esters is 2. The first-order valence-electron chi connectivity index (χ1n) is 11.3. The first-order valence-corrected chi connectivity index (χ1v) is 11.3. The van der Waals surface area contributed by atoms with E-state index in [0.717, 1.165) is 15.4 Å². The van der Waals surface area contributed by atoms with Crippen molar-refractivity contribution >= 4 is 41.3 Å². The van der Waals surface area contributed by atoms with Crippen LogP contribution in [0.4, 0.5) is 5.82 Å². The van der Waals surface area contributed by atoms with Crippen LogP contribution < -0.4 is 17.2 Å². The molecule has 0 spiro atoms. The number of hydrogen-bond donors (Lipinski definition) is 4. The number of nitrogens with one attached hydrogen (secondary N) is 2. The highest BCUT2D eigenvalue weighted by Gasteiger charge is 2.15. The molecule has 0 atom stereocenters. The van der Waals surface area contributed by atoms with E-state index < -0.39 is 23.5 Å². The van der Waals surface area contributed by atoms with Crippen molar-refractivity contribution < 1.29 is 33.4 Å². The van der Waals surface area contributed by atoms with E-state index >= 15 is 0 Å². The van der Waals surface area contributed by atoms with Crippen LogP contribution in [0.15, 0.2) is 27.6 Å². The lowest BCUT2D eigenvalue weighted by Gasteiger charge is -2.03. The number of ether oxygens (including phenoxy) is 2. The minimum atomic E-state index is -0.800. The molecule has 0 unspecified atom stereocenters. The largest absolute Gasteiger partial charge is 0.466 e. The highest BCUT2D eigenvalue weighted by atomic mass is 16.5. The van der Waals surface area contributed by atoms with Crippen LogP contribution in [0.3, 0.4) is 0 Å². The van der Waals surface area contributed by atoms with Crippen LogP contribution in [-0.2, 0) is 30.4 Å². The van der Waals surface area contributed by atoms with Crippen LogP contribution in [0, 0.1) is 5.53 Å². The van der Waals surface area contributed by atoms with Gasteiger partial charge in [-0.3, -0.25) is 19.2 Å². The van der Waals surface area contributed by atoms with Gasteiger partial charge in [0, 0.05) is 0 Å². The van der Waals surface area contributed by atoms with Gasteiger partial charge in [-0.1, -0.05) is 5.21 Å². The van der Waals surface area contributed by atoms with E-state index in [1.165, 1.54) is 12.4 Å². The van der Waals surface area contributed by atoms with Gasteiger partial charge in [0.1, 0.15) is 6.33 Å². The van der Waals surface area contributed by atoms with Crippen molar-refractivity contribution in [3.05, 3.63) is 34.5 Å². The Labute approximate surface area is 224 Å². The highest BCUT2D eigenvalue weighted by molar-refractivity contribution is 5.96. The van der Waals surface area contributed by atoms with Crippen molar-refractivity contribution in [1.82, 2.24) is 34.3 Å². The summed E-state index contributed by atoms with van der Waals surface area (Å²) in [5.41, 5.74) is 15.8. The maximum Gasteiger partial charge on any atom is 0.352 e. The number of nitrogens with two attached hydrogens (primary N) is 2. The first kappa shape index (κ1) is 32.4. The van der Waals surface area contributed by atoms with Crippen LogP contribution in [0.1, 0.15) is 47.7 Å². The van der Waals surface area contributed by atoms with Gasteiger partial charge in [0.15, 0.2) is 17.0 Å². The molecule has 214 valence electrons. The second kappa shape index (κ2) is 17.0. The predicted molar refractivity (Wildman–Crippen MR) is 131 cm³/mol. The fraction of sp³-hybridized carbons (Fsp3) is 0.400. The lowest BCUT2D eigenvalue weighted by atomic mass is 10.4. The van der Waals surface area contributed by atoms with Gasteiger partial charge >= 0.3 is 17.6 Å². The average Bonchev–Trinajstić information content (AvgIpc) is 3.57. The highest BCUT2D eigenvalue weighted by Crippen LogP contribution is 2.10. The number of carbonyl (C=O) groups is 4. The molecule has 0 saturated carbocycles. The van der Waals surface area contributed by atoms with E-state index in [1.54, 1.807) is 13.8 Å². The molecule has 0 radical (unpaired) electrons. The molecular formula is C20H26N12O8. The molecule has 20 nitrogen and oxygen atoms in total. The number of aryl methyl sites for hydroxylation is 1. The maximum atomic E-state index is 12.0. The standard InChI is InChI=1S/C10H12N6O4.C6H9NO3.C4H5N5O/c1-2-20-6(17)3-4-16-10(19)15-5-12-7(8(11)18)9(15)13-14-16;1-2-10-6(9)3-4-7-5-8;5-3(10)2-4(9-6)8-1-7-2/h5H,2-4H2,1H3,(H2,11,18);2-4H2,1H3;1,6H,(H2,5,10)(H,7,8). The summed E-state index contributed by atoms with van der Waals surface area (Å²) in [6.45, 7) is 4.23. The summed E-state index contributed by atoms with van der Waals surface area (Å²) in [5, 5.41) is 10.3. The van der Waals surface area contributed by atoms with E-state index in [2.05, 4.69) is 40.1 Å². The van der Waals surface area contributed by atoms with Crippen LogP contribution in [0.25, 0.3) is 5.65 Å². The van der Waals surface area contributed by atoms with E-state index in [9.17, 15) is 28.8 Å². The maximum absolute atomic E-state index is 12.0. The number of isocyanates is 1. The van der Waals surface area contributed by atoms with Crippen LogP contribution >= 0.6 is 0 Å². The first-order chi connectivity index (χ1) is 19.1. The van der Waals surface area contributed by atoms with E-state index in [-0.39, 0.29) is 61.4 Å². The molecule has 0 fully saturated rings. The molecule has 3 rings (SSSR count). The van der Waals surface area contributed by atoms with Gasteiger partial charge in [-0.05, 0) is 13.8 Å². The SMILES string of the molecule is CCOC(=O)CCN=C=O.CCOC(=O)CCn1nnc2c(C(N)=O)ncn2c1=O.N=Nc1nc[nH]c1C(N)=O. The van der Waals surface area contributed by atoms with E-state index in [0.29, 0.717) is 6.61 Å². The zero-order valence-corrected chi connectivity index (χ0v) is 21.4. The van der Waals surface area contributed by atoms with Gasteiger partial charge in [0.2, 0.25) is 11.9 Å². The van der Waals surface area contributed by atoms with Gasteiger partial charge in [-0.15, -0.1) is 10.2 Å². The fourth-order valence-electron chi connectivity index (χ4n) is 2.56.